The predicted molar refractivity (Wildman–Crippen MR) is 58.0 cm³/mol. The molecular formula is C12H12FNO3. The number of esters is 1. The molecule has 0 spiro atoms. The number of benzene rings is 1. The molecule has 0 saturated carbocycles. The number of ether oxygens (including phenoxy) is 2. The maximum atomic E-state index is 14.2. The predicted octanol–water partition coefficient (Wildman–Crippen LogP) is 1.95. The van der Waals surface area contributed by atoms with E-state index in [9.17, 15) is 9.18 Å². The molecule has 0 unspecified atom stereocenters. The molecule has 1 aromatic rings. The summed E-state index contributed by atoms with van der Waals surface area (Å²) in [6.07, 6.45) is 0. The number of hydrogen-bond donors (Lipinski definition) is 0. The van der Waals surface area contributed by atoms with Crippen LogP contribution in [-0.2, 0) is 15.2 Å². The van der Waals surface area contributed by atoms with Crippen LogP contribution in [0, 0.1) is 11.3 Å². The van der Waals surface area contributed by atoms with E-state index in [1.54, 1.807) is 6.92 Å². The molecule has 0 amide bonds. The van der Waals surface area contributed by atoms with Crippen LogP contribution in [0.25, 0.3) is 0 Å². The molecule has 0 aromatic heterocycles. The summed E-state index contributed by atoms with van der Waals surface area (Å²) in [5.74, 6) is -0.689. The van der Waals surface area contributed by atoms with Crippen molar-refractivity contribution < 1.29 is 18.7 Å². The molecule has 0 aliphatic heterocycles. The van der Waals surface area contributed by atoms with Crippen molar-refractivity contribution >= 4 is 5.97 Å². The number of methoxy groups -OCH3 is 1. The smallest absolute Gasteiger partial charge is 0.363 e. The quantitative estimate of drug-likeness (QED) is 0.751. The van der Waals surface area contributed by atoms with Crippen LogP contribution in [0.2, 0.25) is 0 Å². The van der Waals surface area contributed by atoms with Gasteiger partial charge < -0.3 is 9.47 Å². The van der Waals surface area contributed by atoms with Gasteiger partial charge in [-0.15, -0.1) is 0 Å². The third-order valence-electron chi connectivity index (χ3n) is 2.20. The number of alkyl halides is 1. The minimum Gasteiger partial charge on any atom is -0.497 e. The third-order valence-corrected chi connectivity index (χ3v) is 2.20. The Morgan fingerprint density at radius 2 is 2.06 bits per heavy atom. The van der Waals surface area contributed by atoms with Gasteiger partial charge in [0.1, 0.15) is 11.8 Å². The summed E-state index contributed by atoms with van der Waals surface area (Å²) in [7, 11) is 1.47. The molecule has 17 heavy (non-hydrogen) atoms. The summed E-state index contributed by atoms with van der Waals surface area (Å²) in [5, 5.41) is 8.81. The van der Waals surface area contributed by atoms with Crippen LogP contribution in [0.4, 0.5) is 4.39 Å². The molecular weight excluding hydrogens is 225 g/mol. The van der Waals surface area contributed by atoms with E-state index in [1.807, 2.05) is 0 Å². The fourth-order valence-electron chi connectivity index (χ4n) is 1.28. The van der Waals surface area contributed by atoms with E-state index in [1.165, 1.54) is 37.4 Å². The number of carbonyl (C=O) groups is 1. The van der Waals surface area contributed by atoms with Gasteiger partial charge in [0.2, 0.25) is 0 Å². The van der Waals surface area contributed by atoms with Gasteiger partial charge in [0.15, 0.2) is 0 Å². The molecule has 0 heterocycles. The van der Waals surface area contributed by atoms with Crippen molar-refractivity contribution in [3.05, 3.63) is 29.8 Å². The van der Waals surface area contributed by atoms with E-state index in [-0.39, 0.29) is 12.2 Å². The number of halogens is 1. The van der Waals surface area contributed by atoms with Gasteiger partial charge in [-0.25, -0.2) is 9.18 Å². The summed E-state index contributed by atoms with van der Waals surface area (Å²) >= 11 is 0. The Morgan fingerprint density at radius 1 is 1.47 bits per heavy atom. The molecule has 0 fully saturated rings. The van der Waals surface area contributed by atoms with Gasteiger partial charge >= 0.3 is 11.6 Å². The van der Waals surface area contributed by atoms with Crippen LogP contribution in [0.15, 0.2) is 24.3 Å². The fourth-order valence-corrected chi connectivity index (χ4v) is 1.28. The highest BCUT2D eigenvalue weighted by atomic mass is 19.1. The van der Waals surface area contributed by atoms with Crippen molar-refractivity contribution in [2.75, 3.05) is 13.7 Å². The minimum atomic E-state index is -2.78. The first kappa shape index (κ1) is 13.0. The van der Waals surface area contributed by atoms with E-state index in [4.69, 9.17) is 10.00 Å². The number of nitriles is 1. The lowest BCUT2D eigenvalue weighted by Gasteiger charge is -2.16. The summed E-state index contributed by atoms with van der Waals surface area (Å²) in [5.41, 5.74) is -2.85. The first-order valence-corrected chi connectivity index (χ1v) is 5.00. The lowest BCUT2D eigenvalue weighted by molar-refractivity contribution is -0.154. The second-order valence-electron chi connectivity index (χ2n) is 3.22. The largest absolute Gasteiger partial charge is 0.497 e. The maximum absolute atomic E-state index is 14.2. The Balaban J connectivity index is 3.08. The molecule has 0 radical (unpaired) electrons. The highest BCUT2D eigenvalue weighted by Crippen LogP contribution is 2.28. The maximum Gasteiger partial charge on any atom is 0.363 e. The van der Waals surface area contributed by atoms with Gasteiger partial charge in [0.25, 0.3) is 0 Å². The van der Waals surface area contributed by atoms with E-state index >= 15 is 0 Å². The zero-order valence-electron chi connectivity index (χ0n) is 9.57. The Labute approximate surface area is 98.6 Å². The first-order chi connectivity index (χ1) is 8.08. The summed E-state index contributed by atoms with van der Waals surface area (Å²) in [6, 6.07) is 6.92. The molecule has 5 heteroatoms. The van der Waals surface area contributed by atoms with Gasteiger partial charge in [-0.1, -0.05) is 12.1 Å². The van der Waals surface area contributed by atoms with Gasteiger partial charge in [0, 0.05) is 5.56 Å². The van der Waals surface area contributed by atoms with Crippen LogP contribution in [-0.4, -0.2) is 19.7 Å². The van der Waals surface area contributed by atoms with Crippen LogP contribution in [0.3, 0.4) is 0 Å². The third kappa shape index (κ3) is 2.53. The van der Waals surface area contributed by atoms with Crippen molar-refractivity contribution in [2.24, 2.45) is 0 Å². The Kier molecular flexibility index (Phi) is 4.05. The van der Waals surface area contributed by atoms with Crippen molar-refractivity contribution in [3.63, 3.8) is 0 Å². The Bertz CT molecular complexity index is 438. The van der Waals surface area contributed by atoms with Crippen molar-refractivity contribution in [1.82, 2.24) is 0 Å². The van der Waals surface area contributed by atoms with Crippen LogP contribution < -0.4 is 4.74 Å². The van der Waals surface area contributed by atoms with E-state index < -0.39 is 11.6 Å². The average Bonchev–Trinajstić information content (AvgIpc) is 2.38. The van der Waals surface area contributed by atoms with Crippen molar-refractivity contribution in [3.8, 4) is 11.8 Å². The van der Waals surface area contributed by atoms with E-state index in [0.717, 1.165) is 0 Å². The molecule has 0 N–H and O–H groups in total. The second kappa shape index (κ2) is 5.30. The number of rotatable bonds is 4. The van der Waals surface area contributed by atoms with Gasteiger partial charge in [-0.05, 0) is 19.1 Å². The lowest BCUT2D eigenvalue weighted by atomic mass is 9.97. The molecule has 1 rings (SSSR count). The molecule has 0 aliphatic carbocycles. The normalized spacial score (nSPS) is 13.3. The topological polar surface area (TPSA) is 59.3 Å². The summed E-state index contributed by atoms with van der Waals surface area (Å²) in [6.45, 7) is 1.56. The SMILES string of the molecule is CCOC(=O)[C@@](F)(C#N)c1ccc(OC)cc1. The number of nitrogens with zero attached hydrogens (tertiary/aromatic N) is 1. The van der Waals surface area contributed by atoms with Gasteiger partial charge in [-0.2, -0.15) is 5.26 Å². The monoisotopic (exact) mass is 237 g/mol. The van der Waals surface area contributed by atoms with Gasteiger partial charge in [-0.3, -0.25) is 0 Å². The zero-order chi connectivity index (χ0) is 12.9. The average molecular weight is 237 g/mol. The molecule has 1 aromatic carbocycles. The highest BCUT2D eigenvalue weighted by molar-refractivity contribution is 5.84. The van der Waals surface area contributed by atoms with Crippen LogP contribution >= 0.6 is 0 Å². The van der Waals surface area contributed by atoms with Crippen molar-refractivity contribution in [2.45, 2.75) is 12.6 Å². The minimum absolute atomic E-state index is 0.0162. The van der Waals surface area contributed by atoms with Crippen LogP contribution in [0.5, 0.6) is 5.75 Å². The Hall–Kier alpha value is -2.09. The summed E-state index contributed by atoms with van der Waals surface area (Å²) < 4.78 is 23.6. The van der Waals surface area contributed by atoms with Gasteiger partial charge in [0.05, 0.1) is 13.7 Å². The van der Waals surface area contributed by atoms with Crippen LogP contribution in [0.1, 0.15) is 12.5 Å². The molecule has 90 valence electrons. The molecule has 1 atom stereocenters. The lowest BCUT2D eigenvalue weighted by Crippen LogP contribution is -2.31. The van der Waals surface area contributed by atoms with E-state index in [2.05, 4.69) is 4.74 Å². The molecule has 4 nitrogen and oxygen atoms in total. The number of hydrogen-bond acceptors (Lipinski definition) is 4. The second-order valence-corrected chi connectivity index (χ2v) is 3.22. The highest BCUT2D eigenvalue weighted by Gasteiger charge is 2.42. The summed E-state index contributed by atoms with van der Waals surface area (Å²) in [4.78, 5) is 11.4. The fraction of sp³-hybridized carbons (Fsp3) is 0.333. The van der Waals surface area contributed by atoms with Crippen molar-refractivity contribution in [1.29, 1.82) is 5.26 Å². The Morgan fingerprint density at radius 3 is 2.47 bits per heavy atom. The standard InChI is InChI=1S/C12H12FNO3/c1-3-17-11(15)12(13,8-14)9-4-6-10(16-2)7-5-9/h4-7H,3H2,1-2H3/t12-/m1/s1. The molecule has 0 saturated heterocycles. The van der Waals surface area contributed by atoms with E-state index in [0.29, 0.717) is 5.75 Å². The number of carbonyl (C=O) groups excluding carboxylic acids is 1. The first-order valence-electron chi connectivity index (χ1n) is 5.00. The zero-order valence-corrected chi connectivity index (χ0v) is 9.57. The molecule has 0 bridgehead atoms. The molecule has 0 aliphatic rings.